The van der Waals surface area contributed by atoms with E-state index in [9.17, 15) is 13.2 Å². The van der Waals surface area contributed by atoms with Crippen LogP contribution in [0.4, 0.5) is 0 Å². The second-order valence-electron chi connectivity index (χ2n) is 5.27. The molecule has 2 atom stereocenters. The zero-order valence-corrected chi connectivity index (χ0v) is 15.0. The molecule has 0 radical (unpaired) electrons. The number of hydrogen-bond donors (Lipinski definition) is 2. The number of halogens is 3. The summed E-state index contributed by atoms with van der Waals surface area (Å²) in [6.07, 6.45) is 2.64. The van der Waals surface area contributed by atoms with Crippen molar-refractivity contribution in [2.24, 2.45) is 0 Å². The van der Waals surface area contributed by atoms with Crippen LogP contribution in [0.3, 0.4) is 0 Å². The molecule has 1 heterocycles. The van der Waals surface area contributed by atoms with Gasteiger partial charge in [0.2, 0.25) is 9.70 Å². The smallest absolute Gasteiger partial charge is 0.223 e. The highest BCUT2D eigenvalue weighted by molar-refractivity contribution is 7.91. The number of rotatable bonds is 7. The van der Waals surface area contributed by atoms with Crippen LogP contribution in [-0.4, -0.2) is 41.8 Å². The van der Waals surface area contributed by atoms with E-state index in [2.05, 4.69) is 10.6 Å². The third-order valence-corrected chi connectivity index (χ3v) is 5.70. The molecule has 0 bridgehead atoms. The Morgan fingerprint density at radius 3 is 2.48 bits per heavy atom. The highest BCUT2D eigenvalue weighted by Crippen LogP contribution is 2.30. The Hall–Kier alpha value is 0.250. The molecule has 1 saturated heterocycles. The monoisotopic (exact) mass is 378 g/mol. The lowest BCUT2D eigenvalue weighted by Gasteiger charge is -2.29. The molecule has 0 aromatic heterocycles. The first-order valence-electron chi connectivity index (χ1n) is 6.96. The number of amides is 1. The van der Waals surface area contributed by atoms with E-state index in [1.165, 1.54) is 0 Å². The molecule has 9 heteroatoms. The van der Waals surface area contributed by atoms with Crippen molar-refractivity contribution in [2.75, 3.05) is 11.5 Å². The summed E-state index contributed by atoms with van der Waals surface area (Å²) in [6.45, 7) is 2.05. The third kappa shape index (κ3) is 7.37. The molecule has 5 nitrogen and oxygen atoms in total. The predicted molar refractivity (Wildman–Crippen MR) is 86.6 cm³/mol. The lowest BCUT2D eigenvalue weighted by atomic mass is 10.2. The van der Waals surface area contributed by atoms with Crippen LogP contribution in [0.25, 0.3) is 0 Å². The lowest BCUT2D eigenvalue weighted by Crippen LogP contribution is -2.56. The molecule has 1 aliphatic rings. The van der Waals surface area contributed by atoms with E-state index in [4.69, 9.17) is 34.8 Å². The second kappa shape index (κ2) is 8.20. The number of sulfone groups is 1. The molecule has 1 amide bonds. The number of nitrogens with one attached hydrogen (secondary N) is 2. The maximum absolute atomic E-state index is 11.8. The summed E-state index contributed by atoms with van der Waals surface area (Å²) < 4.78 is 21.1. The van der Waals surface area contributed by atoms with E-state index >= 15 is 0 Å². The topological polar surface area (TPSA) is 75.3 Å². The number of hydrogen-bond acceptors (Lipinski definition) is 4. The van der Waals surface area contributed by atoms with Crippen molar-refractivity contribution >= 4 is 50.5 Å². The van der Waals surface area contributed by atoms with Crippen LogP contribution < -0.4 is 10.6 Å². The molecule has 0 spiro atoms. The number of carbonyl (C=O) groups excluding carboxylic acids is 1. The van der Waals surface area contributed by atoms with Crippen LogP contribution >= 0.6 is 34.8 Å². The van der Waals surface area contributed by atoms with Gasteiger partial charge < -0.3 is 5.32 Å². The lowest BCUT2D eigenvalue weighted by molar-refractivity contribution is -0.122. The first-order valence-corrected chi connectivity index (χ1v) is 9.92. The molecule has 0 aromatic rings. The van der Waals surface area contributed by atoms with Crippen molar-refractivity contribution in [3.63, 3.8) is 0 Å². The fourth-order valence-corrected chi connectivity index (χ4v) is 4.19. The van der Waals surface area contributed by atoms with Crippen molar-refractivity contribution in [1.82, 2.24) is 10.6 Å². The molecule has 124 valence electrons. The minimum absolute atomic E-state index is 0.00402. The van der Waals surface area contributed by atoms with Gasteiger partial charge >= 0.3 is 0 Å². The predicted octanol–water partition coefficient (Wildman–Crippen LogP) is 2.16. The first-order chi connectivity index (χ1) is 9.64. The minimum atomic E-state index is -3.04. The van der Waals surface area contributed by atoms with E-state index in [1.54, 1.807) is 0 Å². The molecule has 2 N–H and O–H groups in total. The van der Waals surface area contributed by atoms with Crippen LogP contribution in [0.2, 0.25) is 0 Å². The van der Waals surface area contributed by atoms with Crippen molar-refractivity contribution in [1.29, 1.82) is 0 Å². The van der Waals surface area contributed by atoms with Gasteiger partial charge in [-0.05, 0) is 12.8 Å². The van der Waals surface area contributed by atoms with Gasteiger partial charge in [-0.15, -0.1) is 0 Å². The highest BCUT2D eigenvalue weighted by Gasteiger charge is 2.38. The maximum Gasteiger partial charge on any atom is 0.223 e. The van der Waals surface area contributed by atoms with E-state index in [1.807, 2.05) is 6.92 Å². The van der Waals surface area contributed by atoms with Gasteiger partial charge in [-0.25, -0.2) is 8.42 Å². The average Bonchev–Trinajstić information content (AvgIpc) is 2.67. The van der Waals surface area contributed by atoms with Gasteiger partial charge in [0.05, 0.1) is 11.5 Å². The summed E-state index contributed by atoms with van der Waals surface area (Å²) in [5.74, 6) is -0.106. The maximum atomic E-state index is 11.8. The largest absolute Gasteiger partial charge is 0.337 e. The summed E-state index contributed by atoms with van der Waals surface area (Å²) in [4.78, 5) is 11.8. The number of unbranched alkanes of at least 4 members (excludes halogenated alkanes) is 2. The van der Waals surface area contributed by atoms with E-state index in [0.29, 0.717) is 12.8 Å². The third-order valence-electron chi connectivity index (χ3n) is 3.27. The fourth-order valence-electron chi connectivity index (χ4n) is 2.15. The molecule has 0 unspecified atom stereocenters. The van der Waals surface area contributed by atoms with Gasteiger partial charge in [0.15, 0.2) is 9.84 Å². The summed E-state index contributed by atoms with van der Waals surface area (Å²) in [5, 5.41) is 5.56. The minimum Gasteiger partial charge on any atom is -0.337 e. The van der Waals surface area contributed by atoms with Crippen molar-refractivity contribution in [2.45, 2.75) is 55.0 Å². The van der Waals surface area contributed by atoms with Crippen molar-refractivity contribution in [3.8, 4) is 0 Å². The van der Waals surface area contributed by atoms with Crippen molar-refractivity contribution < 1.29 is 13.2 Å². The fraction of sp³-hybridized carbons (Fsp3) is 0.917. The van der Waals surface area contributed by atoms with E-state index in [-0.39, 0.29) is 23.5 Å². The normalized spacial score (nSPS) is 23.0. The Bertz CT molecular complexity index is 451. The zero-order valence-electron chi connectivity index (χ0n) is 11.9. The molecule has 0 aromatic carbocycles. The molecule has 1 aliphatic heterocycles. The van der Waals surface area contributed by atoms with Crippen LogP contribution in [0.15, 0.2) is 0 Å². The second-order valence-corrected chi connectivity index (χ2v) is 9.86. The number of carbonyl (C=O) groups is 1. The van der Waals surface area contributed by atoms with Gasteiger partial charge in [-0.2, -0.15) is 0 Å². The van der Waals surface area contributed by atoms with Crippen LogP contribution in [0, 0.1) is 0 Å². The van der Waals surface area contributed by atoms with Crippen LogP contribution in [0.1, 0.15) is 39.0 Å². The van der Waals surface area contributed by atoms with E-state index < -0.39 is 19.8 Å². The van der Waals surface area contributed by atoms with Gasteiger partial charge in [0.25, 0.3) is 0 Å². The molecule has 21 heavy (non-hydrogen) atoms. The van der Waals surface area contributed by atoms with Crippen LogP contribution in [-0.2, 0) is 14.6 Å². The van der Waals surface area contributed by atoms with Crippen molar-refractivity contribution in [3.05, 3.63) is 0 Å². The van der Waals surface area contributed by atoms with Gasteiger partial charge in [0, 0.05) is 12.5 Å². The Labute approximate surface area is 141 Å². The standard InChI is InChI=1S/C12H21Cl3N2O3S/c1-2-3-4-5-10(18)17-11(12(13,14)15)16-9-6-7-21(19,20)8-9/h9,11,16H,2-8H2,1H3,(H,17,18)/t9-,11+/m0/s1. The molecular formula is C12H21Cl3N2O3S. The molecular weight excluding hydrogens is 359 g/mol. The summed E-state index contributed by atoms with van der Waals surface area (Å²) in [6, 6.07) is -0.313. The molecule has 0 aliphatic carbocycles. The van der Waals surface area contributed by atoms with Gasteiger partial charge in [0.1, 0.15) is 6.17 Å². The zero-order chi connectivity index (χ0) is 16.1. The Kier molecular flexibility index (Phi) is 7.54. The highest BCUT2D eigenvalue weighted by atomic mass is 35.6. The Morgan fingerprint density at radius 2 is 2.00 bits per heavy atom. The molecule has 0 saturated carbocycles. The van der Waals surface area contributed by atoms with Crippen LogP contribution in [0.5, 0.6) is 0 Å². The summed E-state index contributed by atoms with van der Waals surface area (Å²) in [5.41, 5.74) is 0. The Balaban J connectivity index is 2.55. The first kappa shape index (κ1) is 19.3. The quantitative estimate of drug-likeness (QED) is 0.404. The molecule has 1 rings (SSSR count). The number of alkyl halides is 3. The van der Waals surface area contributed by atoms with E-state index in [0.717, 1.165) is 19.3 Å². The van der Waals surface area contributed by atoms with Gasteiger partial charge in [-0.1, -0.05) is 54.6 Å². The Morgan fingerprint density at radius 1 is 1.33 bits per heavy atom. The SMILES string of the molecule is CCCCCC(=O)N[C@@H](N[C@H]1CCS(=O)(=O)C1)C(Cl)(Cl)Cl. The summed E-state index contributed by atoms with van der Waals surface area (Å²) in [7, 11) is -3.04. The van der Waals surface area contributed by atoms with Gasteiger partial charge in [-0.3, -0.25) is 10.1 Å². The molecule has 1 fully saturated rings. The average molecular weight is 380 g/mol. The summed E-state index contributed by atoms with van der Waals surface area (Å²) >= 11 is 17.6.